The van der Waals surface area contributed by atoms with Crippen LogP contribution >= 0.6 is 0 Å². The van der Waals surface area contributed by atoms with Crippen molar-refractivity contribution in [1.82, 2.24) is 10.2 Å². The van der Waals surface area contributed by atoms with Crippen LogP contribution in [0.1, 0.15) is 51.9 Å². The number of carbonyl (C=O) groups excluding carboxylic acids is 1. The molecule has 0 aromatic carbocycles. The zero-order valence-electron chi connectivity index (χ0n) is 11.9. The molecule has 0 aromatic rings. The maximum atomic E-state index is 12.7. The highest BCUT2D eigenvalue weighted by atomic mass is 19.4. The molecule has 2 rings (SSSR count). The van der Waals surface area contributed by atoms with E-state index < -0.39 is 12.1 Å². The fourth-order valence-corrected chi connectivity index (χ4v) is 3.28. The predicted molar refractivity (Wildman–Crippen MR) is 70.4 cm³/mol. The number of carbonyl (C=O) groups is 1. The van der Waals surface area contributed by atoms with E-state index in [-0.39, 0.29) is 31.0 Å². The van der Waals surface area contributed by atoms with E-state index >= 15 is 0 Å². The van der Waals surface area contributed by atoms with Gasteiger partial charge in [0.2, 0.25) is 0 Å². The van der Waals surface area contributed by atoms with E-state index in [0.29, 0.717) is 19.4 Å². The normalized spacial score (nSPS) is 32.0. The largest absolute Gasteiger partial charge is 0.391 e. The lowest BCUT2D eigenvalue weighted by Crippen LogP contribution is -2.51. The van der Waals surface area contributed by atoms with Crippen molar-refractivity contribution in [2.45, 2.75) is 70.1 Å². The van der Waals surface area contributed by atoms with Crippen LogP contribution in [0.5, 0.6) is 0 Å². The minimum absolute atomic E-state index is 0.0253. The molecule has 2 aliphatic rings. The molecule has 116 valence electrons. The summed E-state index contributed by atoms with van der Waals surface area (Å²) in [6.45, 7) is 2.71. The van der Waals surface area contributed by atoms with Gasteiger partial charge in [0.15, 0.2) is 0 Å². The van der Waals surface area contributed by atoms with E-state index in [2.05, 4.69) is 5.32 Å². The number of nitrogens with one attached hydrogen (secondary N) is 1. The lowest BCUT2D eigenvalue weighted by molar-refractivity contribution is -0.183. The van der Waals surface area contributed by atoms with Gasteiger partial charge in [-0.05, 0) is 45.4 Å². The Kier molecular flexibility index (Phi) is 4.81. The molecule has 3 nitrogen and oxygen atoms in total. The molecule has 3 unspecified atom stereocenters. The van der Waals surface area contributed by atoms with E-state index in [1.54, 1.807) is 4.90 Å². The van der Waals surface area contributed by atoms with Gasteiger partial charge in [-0.1, -0.05) is 6.42 Å². The molecule has 1 saturated carbocycles. The summed E-state index contributed by atoms with van der Waals surface area (Å²) in [5.41, 5.74) is 0. The molecule has 1 N–H and O–H groups in total. The van der Waals surface area contributed by atoms with Crippen LogP contribution in [0.15, 0.2) is 0 Å². The van der Waals surface area contributed by atoms with Gasteiger partial charge >= 0.3 is 12.2 Å². The number of alkyl halides is 3. The first-order valence-electron chi connectivity index (χ1n) is 7.52. The first-order valence-corrected chi connectivity index (χ1v) is 7.52. The van der Waals surface area contributed by atoms with Crippen LogP contribution in [0.2, 0.25) is 0 Å². The average Bonchev–Trinajstić information content (AvgIpc) is 2.38. The Morgan fingerprint density at radius 2 is 1.90 bits per heavy atom. The molecule has 1 saturated heterocycles. The Balaban J connectivity index is 1.87. The van der Waals surface area contributed by atoms with Crippen molar-refractivity contribution in [1.29, 1.82) is 0 Å². The van der Waals surface area contributed by atoms with Crippen LogP contribution in [0.25, 0.3) is 0 Å². The lowest BCUT2D eigenvalue weighted by atomic mass is 9.85. The van der Waals surface area contributed by atoms with Crippen molar-refractivity contribution in [3.05, 3.63) is 0 Å². The van der Waals surface area contributed by atoms with Crippen LogP contribution in [0.4, 0.5) is 18.0 Å². The summed E-state index contributed by atoms with van der Waals surface area (Å²) in [6.07, 6.45) is 0.335. The van der Waals surface area contributed by atoms with E-state index in [0.717, 1.165) is 19.3 Å². The van der Waals surface area contributed by atoms with E-state index in [1.807, 2.05) is 6.92 Å². The zero-order valence-corrected chi connectivity index (χ0v) is 11.9. The van der Waals surface area contributed by atoms with Crippen molar-refractivity contribution in [2.75, 3.05) is 6.54 Å². The van der Waals surface area contributed by atoms with Gasteiger partial charge in [0.1, 0.15) is 0 Å². The van der Waals surface area contributed by atoms with Gasteiger partial charge in [0.05, 0.1) is 5.92 Å². The first kappa shape index (κ1) is 15.4. The topological polar surface area (TPSA) is 32.3 Å². The van der Waals surface area contributed by atoms with Crippen LogP contribution in [0, 0.1) is 5.92 Å². The number of urea groups is 1. The maximum Gasteiger partial charge on any atom is 0.391 e. The van der Waals surface area contributed by atoms with Gasteiger partial charge in [-0.25, -0.2) is 4.79 Å². The summed E-state index contributed by atoms with van der Waals surface area (Å²) in [5.74, 6) is -1.26. The molecule has 0 bridgehead atoms. The Bertz CT molecular complexity index is 346. The molecule has 0 aromatic heterocycles. The molecule has 0 spiro atoms. The number of hydrogen-bond acceptors (Lipinski definition) is 1. The average molecular weight is 292 g/mol. The number of piperidine rings is 1. The molecular weight excluding hydrogens is 269 g/mol. The summed E-state index contributed by atoms with van der Waals surface area (Å²) in [7, 11) is 0. The van der Waals surface area contributed by atoms with E-state index in [9.17, 15) is 18.0 Å². The summed E-state index contributed by atoms with van der Waals surface area (Å²) in [4.78, 5) is 13.9. The van der Waals surface area contributed by atoms with Crippen LogP contribution < -0.4 is 5.32 Å². The molecule has 1 heterocycles. The van der Waals surface area contributed by atoms with Crippen LogP contribution in [-0.4, -0.2) is 35.7 Å². The van der Waals surface area contributed by atoms with Gasteiger partial charge < -0.3 is 10.2 Å². The third-order valence-electron chi connectivity index (χ3n) is 4.53. The number of halogens is 3. The van der Waals surface area contributed by atoms with Gasteiger partial charge in [-0.3, -0.25) is 0 Å². The number of amides is 2. The van der Waals surface area contributed by atoms with Gasteiger partial charge in [-0.15, -0.1) is 0 Å². The third kappa shape index (κ3) is 3.79. The molecule has 2 fully saturated rings. The van der Waals surface area contributed by atoms with Gasteiger partial charge in [-0.2, -0.15) is 13.2 Å². The fraction of sp³-hybridized carbons (Fsp3) is 0.929. The summed E-state index contributed by atoms with van der Waals surface area (Å²) in [6, 6.07) is -0.340. The summed E-state index contributed by atoms with van der Waals surface area (Å²) < 4.78 is 38.2. The molecular formula is C14H23F3N2O. The first-order chi connectivity index (χ1) is 9.38. The van der Waals surface area contributed by atoms with Gasteiger partial charge in [0, 0.05) is 18.6 Å². The van der Waals surface area contributed by atoms with Crippen molar-refractivity contribution >= 4 is 6.03 Å². The predicted octanol–water partition coefficient (Wildman–Crippen LogP) is 3.69. The molecule has 1 aliphatic carbocycles. The fourth-order valence-electron chi connectivity index (χ4n) is 3.28. The van der Waals surface area contributed by atoms with Crippen LogP contribution in [0.3, 0.4) is 0 Å². The molecule has 1 aliphatic heterocycles. The summed E-state index contributed by atoms with van der Waals surface area (Å²) in [5, 5.41) is 2.81. The summed E-state index contributed by atoms with van der Waals surface area (Å²) >= 11 is 0. The number of likely N-dealkylation sites (tertiary alicyclic amines) is 1. The Labute approximate surface area is 117 Å². The molecule has 3 atom stereocenters. The second kappa shape index (κ2) is 6.22. The highest BCUT2D eigenvalue weighted by molar-refractivity contribution is 5.75. The molecule has 2 amide bonds. The smallest absolute Gasteiger partial charge is 0.335 e. The number of hydrogen-bond donors (Lipinski definition) is 1. The minimum Gasteiger partial charge on any atom is -0.335 e. The van der Waals surface area contributed by atoms with E-state index in [1.165, 1.54) is 0 Å². The third-order valence-corrected chi connectivity index (χ3v) is 4.53. The Hall–Kier alpha value is -0.940. The Morgan fingerprint density at radius 1 is 1.15 bits per heavy atom. The SMILES string of the molecule is CC1CCCCN1C(=O)NC1CCCC(C(F)(F)F)C1. The highest BCUT2D eigenvalue weighted by Gasteiger charge is 2.42. The van der Waals surface area contributed by atoms with Crippen molar-refractivity contribution in [3.8, 4) is 0 Å². The molecule has 20 heavy (non-hydrogen) atoms. The highest BCUT2D eigenvalue weighted by Crippen LogP contribution is 2.37. The van der Waals surface area contributed by atoms with Gasteiger partial charge in [0.25, 0.3) is 0 Å². The second-order valence-electron chi connectivity index (χ2n) is 6.09. The standard InChI is InChI=1S/C14H23F3N2O/c1-10-5-2-3-8-19(10)13(20)18-12-7-4-6-11(9-12)14(15,16)17/h10-12H,2-9H2,1H3,(H,18,20). The Morgan fingerprint density at radius 3 is 2.55 bits per heavy atom. The monoisotopic (exact) mass is 292 g/mol. The second-order valence-corrected chi connectivity index (χ2v) is 6.09. The number of nitrogens with zero attached hydrogens (tertiary/aromatic N) is 1. The quantitative estimate of drug-likeness (QED) is 0.785. The lowest BCUT2D eigenvalue weighted by Gasteiger charge is -2.36. The van der Waals surface area contributed by atoms with E-state index in [4.69, 9.17) is 0 Å². The van der Waals surface area contributed by atoms with Crippen molar-refractivity contribution in [2.24, 2.45) is 5.92 Å². The van der Waals surface area contributed by atoms with Crippen molar-refractivity contribution < 1.29 is 18.0 Å². The molecule has 0 radical (unpaired) electrons. The minimum atomic E-state index is -4.14. The van der Waals surface area contributed by atoms with Crippen molar-refractivity contribution in [3.63, 3.8) is 0 Å². The molecule has 6 heteroatoms. The van der Waals surface area contributed by atoms with Crippen LogP contribution in [-0.2, 0) is 0 Å². The maximum absolute atomic E-state index is 12.7. The zero-order chi connectivity index (χ0) is 14.8. The number of rotatable bonds is 1.